The molecule has 0 bridgehead atoms. The first-order chi connectivity index (χ1) is 9.79. The Morgan fingerprint density at radius 2 is 2.10 bits per heavy atom. The van der Waals surface area contributed by atoms with Gasteiger partial charge in [-0.15, -0.1) is 0 Å². The molecule has 1 aromatic carbocycles. The fraction of sp³-hybridized carbons (Fsp3) is 0.267. The first-order valence-electron chi connectivity index (χ1n) is 6.45. The number of benzene rings is 1. The number of furan rings is 1. The Bertz CT molecular complexity index is 538. The second-order valence-electron chi connectivity index (χ2n) is 4.25. The average molecular weight is 274 g/mol. The molecule has 0 aliphatic carbocycles. The van der Waals surface area contributed by atoms with Gasteiger partial charge in [-0.05, 0) is 24.3 Å². The number of amides is 1. The molecule has 2 aromatic rings. The van der Waals surface area contributed by atoms with Crippen molar-refractivity contribution in [1.82, 2.24) is 5.32 Å². The third-order valence-corrected chi connectivity index (χ3v) is 2.79. The summed E-state index contributed by atoms with van der Waals surface area (Å²) in [6, 6.07) is 11.1. The largest absolute Gasteiger partial charge is 0.495 e. The van der Waals surface area contributed by atoms with Crippen LogP contribution < -0.4 is 15.4 Å². The number of nitrogens with one attached hydrogen (secondary N) is 2. The van der Waals surface area contributed by atoms with Gasteiger partial charge in [-0.25, -0.2) is 0 Å². The molecule has 0 aliphatic rings. The predicted octanol–water partition coefficient (Wildman–Crippen LogP) is 2.41. The molecule has 0 saturated heterocycles. The smallest absolute Gasteiger partial charge is 0.225 e. The maximum Gasteiger partial charge on any atom is 0.225 e. The summed E-state index contributed by atoms with van der Waals surface area (Å²) in [5.41, 5.74) is 0.686. The van der Waals surface area contributed by atoms with Crippen LogP contribution in [0.4, 0.5) is 5.69 Å². The third-order valence-electron chi connectivity index (χ3n) is 2.79. The van der Waals surface area contributed by atoms with Crippen molar-refractivity contribution in [1.29, 1.82) is 0 Å². The molecule has 0 spiro atoms. The van der Waals surface area contributed by atoms with Crippen LogP contribution in [0.25, 0.3) is 0 Å². The van der Waals surface area contributed by atoms with Crippen molar-refractivity contribution in [2.75, 3.05) is 19.0 Å². The number of carbonyl (C=O) groups excluding carboxylic acids is 1. The van der Waals surface area contributed by atoms with Gasteiger partial charge in [0.05, 0.1) is 25.6 Å². The van der Waals surface area contributed by atoms with E-state index < -0.39 is 0 Å². The van der Waals surface area contributed by atoms with Gasteiger partial charge in [-0.3, -0.25) is 4.79 Å². The lowest BCUT2D eigenvalue weighted by atomic mass is 10.2. The van der Waals surface area contributed by atoms with Crippen LogP contribution in [0.1, 0.15) is 12.2 Å². The molecule has 5 nitrogen and oxygen atoms in total. The summed E-state index contributed by atoms with van der Waals surface area (Å²) in [7, 11) is 1.58. The summed E-state index contributed by atoms with van der Waals surface area (Å²) in [6.07, 6.45) is 2.02. The van der Waals surface area contributed by atoms with E-state index in [-0.39, 0.29) is 5.91 Å². The highest BCUT2D eigenvalue weighted by Crippen LogP contribution is 2.22. The van der Waals surface area contributed by atoms with Crippen LogP contribution in [0.2, 0.25) is 0 Å². The van der Waals surface area contributed by atoms with Gasteiger partial charge >= 0.3 is 0 Å². The van der Waals surface area contributed by atoms with Crippen LogP contribution in [0, 0.1) is 0 Å². The molecular weight excluding hydrogens is 256 g/mol. The first kappa shape index (κ1) is 14.1. The van der Waals surface area contributed by atoms with E-state index in [0.29, 0.717) is 30.9 Å². The number of ether oxygens (including phenoxy) is 1. The summed E-state index contributed by atoms with van der Waals surface area (Å²) >= 11 is 0. The number of hydrogen-bond acceptors (Lipinski definition) is 4. The van der Waals surface area contributed by atoms with Gasteiger partial charge in [0.2, 0.25) is 5.91 Å². The molecule has 2 rings (SSSR count). The monoisotopic (exact) mass is 274 g/mol. The van der Waals surface area contributed by atoms with Crippen LogP contribution in [0.5, 0.6) is 5.75 Å². The fourth-order valence-corrected chi connectivity index (χ4v) is 1.79. The van der Waals surface area contributed by atoms with Crippen molar-refractivity contribution in [2.24, 2.45) is 0 Å². The third kappa shape index (κ3) is 4.13. The Kier molecular flexibility index (Phi) is 5.20. The second-order valence-corrected chi connectivity index (χ2v) is 4.25. The van der Waals surface area contributed by atoms with Gasteiger partial charge in [0.15, 0.2) is 0 Å². The second kappa shape index (κ2) is 7.35. The fourth-order valence-electron chi connectivity index (χ4n) is 1.79. The quantitative estimate of drug-likeness (QED) is 0.761. The van der Waals surface area contributed by atoms with Gasteiger partial charge in [0, 0.05) is 13.0 Å². The minimum atomic E-state index is -0.0542. The van der Waals surface area contributed by atoms with E-state index in [0.717, 1.165) is 5.76 Å². The van der Waals surface area contributed by atoms with Crippen LogP contribution in [0.3, 0.4) is 0 Å². The predicted molar refractivity (Wildman–Crippen MR) is 76.7 cm³/mol. The van der Waals surface area contributed by atoms with E-state index in [1.54, 1.807) is 13.4 Å². The lowest BCUT2D eigenvalue weighted by molar-refractivity contribution is -0.116. The first-order valence-corrected chi connectivity index (χ1v) is 6.45. The number of rotatable bonds is 7. The van der Waals surface area contributed by atoms with Gasteiger partial charge in [-0.1, -0.05) is 12.1 Å². The summed E-state index contributed by atoms with van der Waals surface area (Å²) in [5.74, 6) is 1.46. The number of carbonyl (C=O) groups is 1. The van der Waals surface area contributed by atoms with Crippen LogP contribution in [-0.2, 0) is 11.3 Å². The zero-order chi connectivity index (χ0) is 14.2. The molecular formula is C15H18N2O3. The van der Waals surface area contributed by atoms with E-state index >= 15 is 0 Å². The van der Waals surface area contributed by atoms with Crippen molar-refractivity contribution in [2.45, 2.75) is 13.0 Å². The average Bonchev–Trinajstić information content (AvgIpc) is 2.97. The number of methoxy groups -OCH3 is 1. The molecule has 2 N–H and O–H groups in total. The van der Waals surface area contributed by atoms with Crippen LogP contribution in [-0.4, -0.2) is 19.6 Å². The van der Waals surface area contributed by atoms with Gasteiger partial charge < -0.3 is 19.8 Å². The number of hydrogen-bond donors (Lipinski definition) is 2. The van der Waals surface area contributed by atoms with E-state index in [2.05, 4.69) is 10.6 Å². The summed E-state index contributed by atoms with van der Waals surface area (Å²) in [6.45, 7) is 1.20. The normalized spacial score (nSPS) is 10.2. The highest BCUT2D eigenvalue weighted by atomic mass is 16.5. The minimum Gasteiger partial charge on any atom is -0.495 e. The molecule has 0 atom stereocenters. The molecule has 0 fully saturated rings. The van der Waals surface area contributed by atoms with E-state index in [4.69, 9.17) is 9.15 Å². The zero-order valence-electron chi connectivity index (χ0n) is 11.4. The summed E-state index contributed by atoms with van der Waals surface area (Å²) in [4.78, 5) is 11.8. The van der Waals surface area contributed by atoms with Crippen LogP contribution >= 0.6 is 0 Å². The SMILES string of the molecule is COc1ccccc1NC(=O)CCNCc1ccco1. The molecule has 0 radical (unpaired) electrons. The van der Waals surface area contributed by atoms with Crippen molar-refractivity contribution < 1.29 is 13.9 Å². The van der Waals surface area contributed by atoms with Crippen molar-refractivity contribution in [3.8, 4) is 5.75 Å². The number of para-hydroxylation sites is 2. The molecule has 20 heavy (non-hydrogen) atoms. The Labute approximate surface area is 117 Å². The van der Waals surface area contributed by atoms with Crippen molar-refractivity contribution in [3.63, 3.8) is 0 Å². The molecule has 1 amide bonds. The topological polar surface area (TPSA) is 63.5 Å². The van der Waals surface area contributed by atoms with Gasteiger partial charge in [0.1, 0.15) is 11.5 Å². The molecule has 106 valence electrons. The van der Waals surface area contributed by atoms with Crippen molar-refractivity contribution in [3.05, 3.63) is 48.4 Å². The highest BCUT2D eigenvalue weighted by Gasteiger charge is 2.06. The van der Waals surface area contributed by atoms with E-state index in [1.807, 2.05) is 36.4 Å². The number of anilines is 1. The van der Waals surface area contributed by atoms with Gasteiger partial charge in [-0.2, -0.15) is 0 Å². The summed E-state index contributed by atoms with van der Waals surface area (Å²) < 4.78 is 10.4. The van der Waals surface area contributed by atoms with Gasteiger partial charge in [0.25, 0.3) is 0 Å². The lowest BCUT2D eigenvalue weighted by Gasteiger charge is -2.09. The maximum absolute atomic E-state index is 11.8. The summed E-state index contributed by atoms with van der Waals surface area (Å²) in [5, 5.41) is 5.97. The van der Waals surface area contributed by atoms with E-state index in [1.165, 1.54) is 0 Å². The van der Waals surface area contributed by atoms with E-state index in [9.17, 15) is 4.79 Å². The Balaban J connectivity index is 1.72. The Morgan fingerprint density at radius 1 is 1.25 bits per heavy atom. The molecule has 0 aliphatic heterocycles. The zero-order valence-corrected chi connectivity index (χ0v) is 11.4. The molecule has 0 unspecified atom stereocenters. The lowest BCUT2D eigenvalue weighted by Crippen LogP contribution is -2.21. The minimum absolute atomic E-state index is 0.0542. The Morgan fingerprint density at radius 3 is 2.85 bits per heavy atom. The maximum atomic E-state index is 11.8. The van der Waals surface area contributed by atoms with Crippen LogP contribution in [0.15, 0.2) is 47.1 Å². The molecule has 1 aromatic heterocycles. The standard InChI is InChI=1S/C15H18N2O3/c1-19-14-7-3-2-6-13(14)17-15(18)8-9-16-11-12-5-4-10-20-12/h2-7,10,16H,8-9,11H2,1H3,(H,17,18). The molecule has 0 saturated carbocycles. The van der Waals surface area contributed by atoms with Crippen molar-refractivity contribution >= 4 is 11.6 Å². The Hall–Kier alpha value is -2.27. The molecule has 5 heteroatoms. The highest BCUT2D eigenvalue weighted by molar-refractivity contribution is 5.92. The molecule has 1 heterocycles.